The number of nitrogens with zero attached hydrogens (tertiary/aromatic N) is 2. The minimum Gasteiger partial charge on any atom is -0.497 e. The second-order valence-electron chi connectivity index (χ2n) is 7.84. The van der Waals surface area contributed by atoms with E-state index in [4.69, 9.17) is 4.74 Å². The molecule has 3 aromatic rings. The zero-order valence-electron chi connectivity index (χ0n) is 16.4. The van der Waals surface area contributed by atoms with Gasteiger partial charge in [-0.25, -0.2) is 12.4 Å². The molecule has 2 atom stereocenters. The Labute approximate surface area is 171 Å². The van der Waals surface area contributed by atoms with Gasteiger partial charge in [0.05, 0.1) is 17.5 Å². The van der Waals surface area contributed by atoms with Gasteiger partial charge in [-0.05, 0) is 54.7 Å². The molecule has 0 unspecified atom stereocenters. The minimum atomic E-state index is -3.68. The van der Waals surface area contributed by atoms with Crippen LogP contribution >= 0.6 is 0 Å². The van der Waals surface area contributed by atoms with Crippen LogP contribution in [0.2, 0.25) is 0 Å². The largest absolute Gasteiger partial charge is 0.497 e. The summed E-state index contributed by atoms with van der Waals surface area (Å²) in [6.07, 6.45) is 8.50. The third-order valence-corrected chi connectivity index (χ3v) is 7.82. The van der Waals surface area contributed by atoms with Crippen molar-refractivity contribution in [2.45, 2.75) is 23.8 Å². The fourth-order valence-electron chi connectivity index (χ4n) is 4.59. The molecule has 0 amide bonds. The summed E-state index contributed by atoms with van der Waals surface area (Å²) in [5, 5.41) is 1.00. The molecule has 6 heteroatoms. The Morgan fingerprint density at radius 1 is 1.07 bits per heavy atom. The van der Waals surface area contributed by atoms with Crippen LogP contribution in [-0.2, 0) is 16.4 Å². The fourth-order valence-corrected chi connectivity index (χ4v) is 5.99. The molecule has 150 valence electrons. The Hall–Kier alpha value is -2.57. The molecule has 5 rings (SSSR count). The van der Waals surface area contributed by atoms with Crippen LogP contribution in [-0.4, -0.2) is 43.5 Å². The lowest BCUT2D eigenvalue weighted by molar-refractivity contribution is 0.283. The van der Waals surface area contributed by atoms with E-state index in [9.17, 15) is 8.42 Å². The van der Waals surface area contributed by atoms with Crippen molar-refractivity contribution in [3.63, 3.8) is 0 Å². The molecule has 2 aliphatic rings. The van der Waals surface area contributed by atoms with E-state index in [-0.39, 0.29) is 4.90 Å². The van der Waals surface area contributed by atoms with Gasteiger partial charge in [-0.15, -0.1) is 0 Å². The highest BCUT2D eigenvalue weighted by Gasteiger charge is 2.33. The predicted molar refractivity (Wildman–Crippen MR) is 114 cm³/mol. The summed E-state index contributed by atoms with van der Waals surface area (Å²) in [7, 11) is -2.11. The Balaban J connectivity index is 1.48. The highest BCUT2D eigenvalue weighted by molar-refractivity contribution is 7.90. The van der Waals surface area contributed by atoms with Gasteiger partial charge in [-0.1, -0.05) is 30.4 Å². The van der Waals surface area contributed by atoms with Crippen LogP contribution in [0.5, 0.6) is 5.75 Å². The Morgan fingerprint density at radius 3 is 2.55 bits per heavy atom. The minimum absolute atomic E-state index is 0.257. The lowest BCUT2D eigenvalue weighted by Crippen LogP contribution is -2.31. The number of hydrogen-bond acceptors (Lipinski definition) is 4. The summed E-state index contributed by atoms with van der Waals surface area (Å²) in [6, 6.07) is 14.8. The molecule has 0 radical (unpaired) electrons. The number of ether oxygens (including phenoxy) is 1. The number of methoxy groups -OCH3 is 1. The zero-order chi connectivity index (χ0) is 20.0. The van der Waals surface area contributed by atoms with E-state index in [1.165, 1.54) is 10.4 Å². The van der Waals surface area contributed by atoms with E-state index in [1.807, 2.05) is 24.3 Å². The van der Waals surface area contributed by atoms with Crippen LogP contribution in [0.25, 0.3) is 10.9 Å². The topological polar surface area (TPSA) is 51.5 Å². The van der Waals surface area contributed by atoms with E-state index < -0.39 is 10.0 Å². The molecule has 1 aliphatic carbocycles. The number of fused-ring (bicyclic) bond motifs is 3. The maximum absolute atomic E-state index is 13.3. The first kappa shape index (κ1) is 18.5. The third kappa shape index (κ3) is 3.16. The average molecular weight is 409 g/mol. The van der Waals surface area contributed by atoms with E-state index in [0.717, 1.165) is 36.0 Å². The Bertz CT molecular complexity index is 1180. The van der Waals surface area contributed by atoms with Gasteiger partial charge in [0, 0.05) is 30.7 Å². The molecule has 2 heterocycles. The molecule has 2 aromatic carbocycles. The second-order valence-corrected chi connectivity index (χ2v) is 9.66. The standard InChI is InChI=1S/C23H24N2O3S/c1-28-20-8-10-21(11-9-20)29(26,27)25-16-18(22-4-2-3-5-23(22)25)12-13-24-15-17-6-7-19(24)14-17/h2-11,16-17,19H,12-15H2,1H3/t17-,19+/m0/s1. The number of aromatic nitrogens is 1. The molecular weight excluding hydrogens is 384 g/mol. The van der Waals surface area contributed by atoms with E-state index in [2.05, 4.69) is 17.1 Å². The van der Waals surface area contributed by atoms with Crippen molar-refractivity contribution in [3.05, 3.63) is 72.4 Å². The molecule has 0 N–H and O–H groups in total. The number of rotatable bonds is 6. The Kier molecular flexibility index (Phi) is 4.48. The molecule has 1 aliphatic heterocycles. The summed E-state index contributed by atoms with van der Waals surface area (Å²) in [4.78, 5) is 2.77. The normalized spacial score (nSPS) is 21.3. The number of likely N-dealkylation sites (tertiary alicyclic amines) is 1. The molecule has 0 spiro atoms. The fraction of sp³-hybridized carbons (Fsp3) is 0.304. The van der Waals surface area contributed by atoms with Gasteiger partial charge in [-0.3, -0.25) is 4.90 Å². The van der Waals surface area contributed by atoms with Crippen LogP contribution in [0, 0.1) is 5.92 Å². The molecular formula is C23H24N2O3S. The van der Waals surface area contributed by atoms with E-state index in [1.54, 1.807) is 37.6 Å². The first-order chi connectivity index (χ1) is 14.1. The third-order valence-electron chi connectivity index (χ3n) is 6.13. The van der Waals surface area contributed by atoms with Crippen LogP contribution in [0.1, 0.15) is 12.0 Å². The molecule has 0 saturated carbocycles. The molecule has 1 fully saturated rings. The monoisotopic (exact) mass is 408 g/mol. The second kappa shape index (κ2) is 7.04. The van der Waals surface area contributed by atoms with E-state index in [0.29, 0.717) is 17.7 Å². The van der Waals surface area contributed by atoms with Gasteiger partial charge in [0.2, 0.25) is 0 Å². The van der Waals surface area contributed by atoms with E-state index >= 15 is 0 Å². The van der Waals surface area contributed by atoms with Crippen molar-refractivity contribution < 1.29 is 13.2 Å². The first-order valence-electron chi connectivity index (χ1n) is 9.97. The maximum atomic E-state index is 13.3. The molecule has 1 saturated heterocycles. The van der Waals surface area contributed by atoms with Crippen molar-refractivity contribution in [3.8, 4) is 5.75 Å². The van der Waals surface area contributed by atoms with Gasteiger partial charge >= 0.3 is 0 Å². The summed E-state index contributed by atoms with van der Waals surface area (Å²) < 4.78 is 33.2. The van der Waals surface area contributed by atoms with Crippen molar-refractivity contribution >= 4 is 20.9 Å². The molecule has 29 heavy (non-hydrogen) atoms. The lowest BCUT2D eigenvalue weighted by Gasteiger charge is -2.23. The zero-order valence-corrected chi connectivity index (χ0v) is 17.2. The van der Waals surface area contributed by atoms with Gasteiger partial charge in [-0.2, -0.15) is 0 Å². The number of hydrogen-bond donors (Lipinski definition) is 0. The van der Waals surface area contributed by atoms with Crippen molar-refractivity contribution in [1.29, 1.82) is 0 Å². The van der Waals surface area contributed by atoms with Crippen LogP contribution < -0.4 is 4.74 Å². The van der Waals surface area contributed by atoms with Crippen LogP contribution in [0.4, 0.5) is 0 Å². The van der Waals surface area contributed by atoms with Gasteiger partial charge in [0.1, 0.15) is 5.75 Å². The smallest absolute Gasteiger partial charge is 0.268 e. The van der Waals surface area contributed by atoms with Gasteiger partial charge in [0.15, 0.2) is 0 Å². The van der Waals surface area contributed by atoms with Crippen molar-refractivity contribution in [2.24, 2.45) is 5.92 Å². The highest BCUT2D eigenvalue weighted by atomic mass is 32.2. The summed E-state index contributed by atoms with van der Waals surface area (Å²) in [5.41, 5.74) is 1.80. The quantitative estimate of drug-likeness (QED) is 0.584. The lowest BCUT2D eigenvalue weighted by atomic mass is 10.1. The number of benzene rings is 2. The van der Waals surface area contributed by atoms with Crippen LogP contribution in [0.3, 0.4) is 0 Å². The molecule has 5 nitrogen and oxygen atoms in total. The molecule has 1 aromatic heterocycles. The summed E-state index contributed by atoms with van der Waals surface area (Å²) in [5.74, 6) is 1.33. The predicted octanol–water partition coefficient (Wildman–Crippen LogP) is 3.69. The van der Waals surface area contributed by atoms with Gasteiger partial charge in [0.25, 0.3) is 10.0 Å². The van der Waals surface area contributed by atoms with Crippen molar-refractivity contribution in [2.75, 3.05) is 20.2 Å². The van der Waals surface area contributed by atoms with Gasteiger partial charge < -0.3 is 4.74 Å². The van der Waals surface area contributed by atoms with Crippen LogP contribution in [0.15, 0.2) is 71.8 Å². The van der Waals surface area contributed by atoms with Crippen molar-refractivity contribution in [1.82, 2.24) is 8.87 Å². The number of para-hydroxylation sites is 1. The SMILES string of the molecule is COc1ccc(S(=O)(=O)n2cc(CCN3C[C@H]4C=C[C@@H]3C4)c3ccccc32)cc1. The first-order valence-corrected chi connectivity index (χ1v) is 11.4. The maximum Gasteiger partial charge on any atom is 0.268 e. The Morgan fingerprint density at radius 2 is 1.86 bits per heavy atom. The summed E-state index contributed by atoms with van der Waals surface area (Å²) >= 11 is 0. The average Bonchev–Trinajstić information content (AvgIpc) is 3.46. The highest BCUT2D eigenvalue weighted by Crippen LogP contribution is 2.32. The molecule has 2 bridgehead atoms. The summed E-state index contributed by atoms with van der Waals surface area (Å²) in [6.45, 7) is 2.06.